The van der Waals surface area contributed by atoms with Crippen LogP contribution in [-0.2, 0) is 83.3 Å². The number of aliphatic hydroxyl groups is 1. The number of carbonyl (C=O) groups excluding carboxylic acids is 8. The number of rotatable bonds is 31. The molecule has 4 aliphatic heterocycles. The number of phenolic OH excluding ortho intramolecular Hbond substituents is 1. The van der Waals surface area contributed by atoms with E-state index in [1.807, 2.05) is 34.6 Å². The van der Waals surface area contributed by atoms with Crippen LogP contribution in [0.3, 0.4) is 0 Å². The molecule has 5 aliphatic rings. The number of pyridine rings is 1. The van der Waals surface area contributed by atoms with Crippen molar-refractivity contribution in [2.45, 2.75) is 168 Å². The number of phenols is 1. The molecule has 6 N–H and O–H groups in total. The quantitative estimate of drug-likeness (QED) is 0.0217. The van der Waals surface area contributed by atoms with Crippen LogP contribution in [0.25, 0.3) is 16.6 Å². The van der Waals surface area contributed by atoms with Crippen LogP contribution in [-0.4, -0.2) is 164 Å². The van der Waals surface area contributed by atoms with Crippen molar-refractivity contribution >= 4 is 64.2 Å². The molecule has 476 valence electrons. The van der Waals surface area contributed by atoms with Gasteiger partial charge in [0.25, 0.3) is 11.8 Å². The van der Waals surface area contributed by atoms with E-state index in [1.54, 1.807) is 47.0 Å². The van der Waals surface area contributed by atoms with E-state index in [9.17, 15) is 48.6 Å². The highest BCUT2D eigenvalue weighted by Crippen LogP contribution is 2.47. The molecule has 6 heterocycles. The van der Waals surface area contributed by atoms with E-state index in [2.05, 4.69) is 38.2 Å². The summed E-state index contributed by atoms with van der Waals surface area (Å²) in [5.74, 6) is -3.28. The number of hydrogen-bond donors (Lipinski definition) is 6. The number of aliphatic hydroxyl groups excluding tert-OH is 1. The number of aryl methyl sites for hydroxylation is 2. The number of nitrogens with one attached hydrogen (secondary N) is 4. The highest BCUT2D eigenvalue weighted by molar-refractivity contribution is 6.12. The fraction of sp³-hybridized carbons (Fsp3) is 0.571. The maximum atomic E-state index is 14.0. The number of benzene rings is 1. The van der Waals surface area contributed by atoms with Gasteiger partial charge in [0.1, 0.15) is 43.9 Å². The summed E-state index contributed by atoms with van der Waals surface area (Å²) in [6.07, 6.45) is 10.5. The Morgan fingerprint density at radius 1 is 0.943 bits per heavy atom. The molecule has 0 bridgehead atoms. The van der Waals surface area contributed by atoms with E-state index in [4.69, 9.17) is 28.7 Å². The lowest BCUT2D eigenvalue weighted by Crippen LogP contribution is -2.54. The summed E-state index contributed by atoms with van der Waals surface area (Å²) >= 11 is 0. The van der Waals surface area contributed by atoms with E-state index < -0.39 is 67.0 Å². The molecule has 8 rings (SSSR count). The third kappa shape index (κ3) is 16.2. The molecule has 1 fully saturated rings. The third-order valence-corrected chi connectivity index (χ3v) is 17.1. The van der Waals surface area contributed by atoms with E-state index in [0.717, 1.165) is 54.2 Å². The van der Waals surface area contributed by atoms with Gasteiger partial charge in [0.2, 0.25) is 29.2 Å². The summed E-state index contributed by atoms with van der Waals surface area (Å²) in [7, 11) is 0. The predicted molar refractivity (Wildman–Crippen MR) is 319 cm³/mol. The largest absolute Gasteiger partial charge is 0.509 e. The van der Waals surface area contributed by atoms with Crippen LogP contribution in [0.1, 0.15) is 135 Å². The number of aromatic hydroxyl groups is 1. The average Bonchev–Trinajstić information content (AvgIpc) is 1.47. The highest BCUT2D eigenvalue weighted by atomic mass is 16.7. The van der Waals surface area contributed by atoms with Gasteiger partial charge in [0.15, 0.2) is 6.23 Å². The monoisotopic (exact) mass is 1220 g/mol. The SMILES string of the molecule is C=C(CC)CCCCC(NC(=O)COCC(=O)NCCOC(C)CCn1cc(CNC(=O)C2CCC(CN3C(=O)C=CC3=O)CC2)nn1)C(=O)NC(COC(=O)OC1(CC)C(=O)OCC2=C1C=C1c3nc4ccc(O)cc4c(CC)c3CN1C2O)C(C)C. The summed E-state index contributed by atoms with van der Waals surface area (Å²) in [6, 6.07) is 3.15. The van der Waals surface area contributed by atoms with Gasteiger partial charge in [0.05, 0.1) is 48.4 Å². The first-order chi connectivity index (χ1) is 42.2. The molecule has 6 amide bonds. The molecule has 0 saturated heterocycles. The van der Waals surface area contributed by atoms with Crippen molar-refractivity contribution < 1.29 is 72.3 Å². The molecule has 1 aromatic carbocycles. The zero-order valence-electron chi connectivity index (χ0n) is 51.2. The standard InChI is InChI=1S/C63H84N10O15/c1-8-38(6)13-11-12-14-50(66-54(76)36-84-35-53(75)64-24-26-85-39(7)23-25-71-31-42(69-70-71)29-65-58(79)41-17-15-40(16-18-41)30-73-55(77)21-22-56(73)78)59(80)68-51(37(4)5)34-87-62(83)88-63(10-3)48-28-52-57-46(32-72(52)60(81)47(48)33-86-61(63)82)44(9-2)45-27-43(74)19-20-49(45)67-57/h19-22,27-28,31,37,39-41,50-51,60,74,81H,6,8-18,23-26,29-30,32-36H2,1-5,7H3,(H,64,75)(H,65,79)(H,66,76)(H,68,80). The molecule has 1 aliphatic carbocycles. The van der Waals surface area contributed by atoms with Gasteiger partial charge in [0, 0.05) is 66.3 Å². The van der Waals surface area contributed by atoms with E-state index >= 15 is 0 Å². The number of ether oxygens (including phenoxy) is 5. The van der Waals surface area contributed by atoms with Gasteiger partial charge in [-0.1, -0.05) is 58.4 Å². The first kappa shape index (κ1) is 65.9. The Morgan fingerprint density at radius 2 is 1.69 bits per heavy atom. The number of amides is 6. The molecule has 25 heteroatoms. The van der Waals surface area contributed by atoms with Gasteiger partial charge in [-0.15, -0.1) is 5.10 Å². The van der Waals surface area contributed by atoms with Crippen molar-refractivity contribution in [3.05, 3.63) is 88.4 Å². The minimum absolute atomic E-state index is 0.0597. The van der Waals surface area contributed by atoms with Gasteiger partial charge in [-0.25, -0.2) is 14.6 Å². The molecular weight excluding hydrogens is 1140 g/mol. The number of hydrogen-bond acceptors (Lipinski definition) is 19. The maximum Gasteiger partial charge on any atom is 0.509 e. The van der Waals surface area contributed by atoms with Crippen LogP contribution in [0.4, 0.5) is 4.79 Å². The topological polar surface area (TPSA) is 321 Å². The Bertz CT molecular complexity index is 3180. The molecule has 2 aromatic heterocycles. The second kappa shape index (κ2) is 30.3. The van der Waals surface area contributed by atoms with E-state index in [0.29, 0.717) is 79.9 Å². The van der Waals surface area contributed by atoms with Crippen LogP contribution in [0.5, 0.6) is 5.75 Å². The summed E-state index contributed by atoms with van der Waals surface area (Å²) in [6.45, 7) is 15.5. The molecule has 5 unspecified atom stereocenters. The fourth-order valence-electron chi connectivity index (χ4n) is 11.7. The fourth-order valence-corrected chi connectivity index (χ4v) is 11.7. The van der Waals surface area contributed by atoms with Crippen LogP contribution in [0.2, 0.25) is 0 Å². The van der Waals surface area contributed by atoms with Crippen molar-refractivity contribution in [3.63, 3.8) is 0 Å². The summed E-state index contributed by atoms with van der Waals surface area (Å²) in [4.78, 5) is 112. The second-order valence-corrected chi connectivity index (χ2v) is 23.5. The zero-order valence-corrected chi connectivity index (χ0v) is 51.2. The van der Waals surface area contributed by atoms with Gasteiger partial charge in [-0.2, -0.15) is 0 Å². The van der Waals surface area contributed by atoms with E-state index in [-0.39, 0.29) is 98.7 Å². The smallest absolute Gasteiger partial charge is 0.508 e. The maximum absolute atomic E-state index is 14.0. The number of aromatic nitrogens is 4. The first-order valence-electron chi connectivity index (χ1n) is 30.7. The van der Waals surface area contributed by atoms with Crippen LogP contribution in [0.15, 0.2) is 65.9 Å². The number of esters is 1. The Labute approximate surface area is 512 Å². The number of cyclic esters (lactones) is 1. The molecule has 88 heavy (non-hydrogen) atoms. The molecule has 0 radical (unpaired) electrons. The second-order valence-electron chi connectivity index (χ2n) is 23.5. The number of fused-ring (bicyclic) bond motifs is 4. The normalized spacial score (nSPS) is 20.6. The molecule has 5 atom stereocenters. The third-order valence-electron chi connectivity index (χ3n) is 17.1. The molecule has 25 nitrogen and oxygen atoms in total. The van der Waals surface area contributed by atoms with Crippen LogP contribution in [0, 0.1) is 17.8 Å². The van der Waals surface area contributed by atoms with Gasteiger partial charge in [-0.05, 0) is 119 Å². The minimum Gasteiger partial charge on any atom is -0.508 e. The lowest BCUT2D eigenvalue weighted by atomic mass is 9.81. The lowest BCUT2D eigenvalue weighted by molar-refractivity contribution is -0.166. The number of nitrogens with zero attached hydrogens (tertiary/aromatic N) is 6. The van der Waals surface area contributed by atoms with Crippen molar-refractivity contribution in [1.82, 2.24) is 51.0 Å². The Morgan fingerprint density at radius 3 is 2.41 bits per heavy atom. The van der Waals surface area contributed by atoms with Crippen molar-refractivity contribution in [2.24, 2.45) is 17.8 Å². The van der Waals surface area contributed by atoms with Crippen molar-refractivity contribution in [2.75, 3.05) is 46.1 Å². The van der Waals surface area contributed by atoms with Crippen molar-refractivity contribution in [1.29, 1.82) is 0 Å². The molecular formula is C63H84N10O15. The molecule has 0 spiro atoms. The highest BCUT2D eigenvalue weighted by Gasteiger charge is 2.54. The first-order valence-corrected chi connectivity index (χ1v) is 30.7. The van der Waals surface area contributed by atoms with Crippen LogP contribution >= 0.6 is 0 Å². The number of allylic oxidation sites excluding steroid dienone is 1. The number of imide groups is 1. The van der Waals surface area contributed by atoms with Crippen molar-refractivity contribution in [3.8, 4) is 5.75 Å². The summed E-state index contributed by atoms with van der Waals surface area (Å²) < 4.78 is 30.2. The zero-order chi connectivity index (χ0) is 63.2. The number of carbonyl (C=O) groups is 8. The van der Waals surface area contributed by atoms with Gasteiger partial charge >= 0.3 is 12.1 Å². The minimum atomic E-state index is -2.00. The van der Waals surface area contributed by atoms with Crippen LogP contribution < -0.4 is 21.3 Å². The predicted octanol–water partition coefficient (Wildman–Crippen LogP) is 4.87. The summed E-state index contributed by atoms with van der Waals surface area (Å²) in [5, 5.41) is 42.6. The Balaban J connectivity index is 0.756. The Hall–Kier alpha value is -8.03. The Kier molecular flexibility index (Phi) is 22.7. The average molecular weight is 1220 g/mol. The van der Waals surface area contributed by atoms with E-state index in [1.165, 1.54) is 17.1 Å². The summed E-state index contributed by atoms with van der Waals surface area (Å²) in [5.41, 5.74) is 3.86. The molecule has 3 aromatic rings. The van der Waals surface area contributed by atoms with Gasteiger partial charge < -0.3 is 60.1 Å². The lowest BCUT2D eigenvalue weighted by Gasteiger charge is -2.42. The molecule has 1 saturated carbocycles. The number of unbranched alkanes of at least 4 members (excludes halogenated alkanes) is 1. The van der Waals surface area contributed by atoms with Gasteiger partial charge in [-0.3, -0.25) is 38.3 Å².